The van der Waals surface area contributed by atoms with Crippen LogP contribution in [-0.2, 0) is 19.3 Å². The minimum atomic E-state index is -0.504. The molecule has 19 nitrogen and oxygen atoms in total. The number of benzene rings is 9. The molecule has 16 rings (SSSR count). The summed E-state index contributed by atoms with van der Waals surface area (Å²) in [4.78, 5) is 58.6. The molecule has 124 heavy (non-hydrogen) atoms. The number of carbonyl (C=O) groups is 3. The van der Waals surface area contributed by atoms with E-state index in [0.29, 0.717) is 97.9 Å². The van der Waals surface area contributed by atoms with Crippen LogP contribution in [0.3, 0.4) is 0 Å². The van der Waals surface area contributed by atoms with Gasteiger partial charge >= 0.3 is 18.3 Å². The third kappa shape index (κ3) is 23.8. The number of nitrogens with zero attached hydrogens (tertiary/aromatic N) is 4. The third-order valence-corrected chi connectivity index (χ3v) is 23.9. The van der Waals surface area contributed by atoms with Crippen molar-refractivity contribution >= 4 is 85.8 Å². The molecule has 1 saturated heterocycles. The zero-order valence-corrected chi connectivity index (χ0v) is 72.5. The zero-order valence-electron chi connectivity index (χ0n) is 70.3. The molecule has 0 aliphatic carbocycles. The van der Waals surface area contributed by atoms with Crippen molar-refractivity contribution in [2.24, 2.45) is 0 Å². The first-order chi connectivity index (χ1) is 60.5. The molecule has 0 spiro atoms. The number of unbranched alkanes of at least 4 members (excludes halogenated alkanes) is 9. The van der Waals surface area contributed by atoms with Crippen molar-refractivity contribution in [3.05, 3.63) is 283 Å². The number of amides is 3. The van der Waals surface area contributed by atoms with Crippen molar-refractivity contribution in [1.82, 2.24) is 45.2 Å². The molecule has 0 radical (unpaired) electrons. The highest BCUT2D eigenvalue weighted by Crippen LogP contribution is 2.44. The van der Waals surface area contributed by atoms with Crippen LogP contribution in [0.2, 0.25) is 15.1 Å². The van der Waals surface area contributed by atoms with Gasteiger partial charge in [-0.15, -0.1) is 0 Å². The van der Waals surface area contributed by atoms with Crippen molar-refractivity contribution in [1.29, 1.82) is 0 Å². The van der Waals surface area contributed by atoms with Crippen LogP contribution >= 0.6 is 34.8 Å². The number of hydrogen-bond donors (Lipinski definition) is 6. The summed E-state index contributed by atoms with van der Waals surface area (Å²) in [5, 5.41) is 20.6. The molecule has 6 N–H and O–H groups in total. The summed E-state index contributed by atoms with van der Waals surface area (Å²) < 4.78 is 75.2. The van der Waals surface area contributed by atoms with E-state index in [-0.39, 0.29) is 24.0 Å². The normalized spacial score (nSPS) is 15.5. The van der Waals surface area contributed by atoms with Crippen LogP contribution in [0.1, 0.15) is 172 Å². The molecule has 7 heterocycles. The number of carbonyl (C=O) groups excluding carboxylic acids is 3. The Labute approximate surface area is 737 Å². The summed E-state index contributed by atoms with van der Waals surface area (Å²) in [6, 6.07) is 56.8. The highest BCUT2D eigenvalue weighted by molar-refractivity contribution is 6.32. The van der Waals surface area contributed by atoms with Crippen molar-refractivity contribution in [2.75, 3.05) is 85.3 Å². The smallest absolute Gasteiger partial charge is 0.416 e. The van der Waals surface area contributed by atoms with Gasteiger partial charge in [-0.05, 0) is 301 Å². The van der Waals surface area contributed by atoms with Crippen LogP contribution in [0.15, 0.2) is 200 Å². The number of hydrogen-bond acceptors (Lipinski definition) is 13. The number of rotatable bonds is 33. The Bertz CT molecular complexity index is 5460. The number of aromatic nitrogens is 3. The quantitative estimate of drug-likeness (QED) is 0.0212. The second-order valence-electron chi connectivity index (χ2n) is 32.3. The molecule has 1 fully saturated rings. The highest BCUT2D eigenvalue weighted by Gasteiger charge is 2.40. The van der Waals surface area contributed by atoms with Gasteiger partial charge in [0.15, 0.2) is 0 Å². The molecule has 3 aromatic heterocycles. The molecule has 25 heteroatoms. The number of aliphatic hydroxyl groups excluding tert-OH is 1. The monoisotopic (exact) mass is 1750 g/mol. The van der Waals surface area contributed by atoms with Crippen molar-refractivity contribution in [3.8, 4) is 34.5 Å². The van der Waals surface area contributed by atoms with E-state index in [0.717, 1.165) is 158 Å². The van der Waals surface area contributed by atoms with E-state index in [1.807, 2.05) is 127 Å². The van der Waals surface area contributed by atoms with Gasteiger partial charge in [-0.1, -0.05) is 124 Å². The Balaban J connectivity index is 0.000000151. The molecule has 9 aromatic carbocycles. The van der Waals surface area contributed by atoms with Crippen molar-refractivity contribution < 1.29 is 61.1 Å². The van der Waals surface area contributed by atoms with E-state index >= 15 is 0 Å². The van der Waals surface area contributed by atoms with Gasteiger partial charge in [0.2, 0.25) is 0 Å². The number of nitrogens with one attached hydrogen (secondary N) is 5. The predicted octanol–water partition coefficient (Wildman–Crippen LogP) is 22.8. The van der Waals surface area contributed by atoms with Gasteiger partial charge < -0.3 is 64.0 Å². The van der Waals surface area contributed by atoms with E-state index < -0.39 is 42.2 Å². The first-order valence-corrected chi connectivity index (χ1v) is 44.7. The average Bonchev–Trinajstić information content (AvgIpc) is 1.60. The number of fused-ring (bicyclic) bond motifs is 9. The van der Waals surface area contributed by atoms with Crippen LogP contribution in [0.25, 0.3) is 32.7 Å². The second kappa shape index (κ2) is 44.3. The van der Waals surface area contributed by atoms with E-state index in [9.17, 15) is 27.6 Å². The van der Waals surface area contributed by atoms with Crippen molar-refractivity contribution in [2.45, 2.75) is 147 Å². The number of aromatic amines is 3. The number of H-pyrrole nitrogens is 3. The molecule has 12 aromatic rings. The van der Waals surface area contributed by atoms with Crippen LogP contribution in [0.5, 0.6) is 34.5 Å². The van der Waals surface area contributed by atoms with Crippen molar-refractivity contribution in [3.63, 3.8) is 0 Å². The first-order valence-electron chi connectivity index (χ1n) is 43.5. The zero-order chi connectivity index (χ0) is 86.3. The fourth-order valence-corrected chi connectivity index (χ4v) is 17.4. The molecule has 0 saturated carbocycles. The summed E-state index contributed by atoms with van der Waals surface area (Å²) in [6.45, 7) is 14.3. The minimum Gasteiger partial charge on any atom is -0.494 e. The maximum Gasteiger partial charge on any atom is 0.416 e. The van der Waals surface area contributed by atoms with E-state index in [2.05, 4.69) is 44.3 Å². The van der Waals surface area contributed by atoms with E-state index in [4.69, 9.17) is 68.3 Å². The summed E-state index contributed by atoms with van der Waals surface area (Å²) >= 11 is 19.0. The Kier molecular flexibility index (Phi) is 32.0. The second-order valence-corrected chi connectivity index (χ2v) is 33.6. The van der Waals surface area contributed by atoms with Crippen LogP contribution in [0.4, 0.5) is 27.6 Å². The lowest BCUT2D eigenvalue weighted by molar-refractivity contribution is 0.134. The molecular weight excluding hydrogens is 1640 g/mol. The lowest BCUT2D eigenvalue weighted by Crippen LogP contribution is -2.42. The predicted molar refractivity (Wildman–Crippen MR) is 484 cm³/mol. The van der Waals surface area contributed by atoms with Gasteiger partial charge in [0.25, 0.3) is 0 Å². The topological polar surface area (TPSA) is 211 Å². The highest BCUT2D eigenvalue weighted by atomic mass is 35.5. The molecule has 3 unspecified atom stereocenters. The third-order valence-electron chi connectivity index (χ3n) is 23.1. The van der Waals surface area contributed by atoms with Gasteiger partial charge in [-0.2, -0.15) is 0 Å². The first kappa shape index (κ1) is 89.6. The summed E-state index contributed by atoms with van der Waals surface area (Å²) in [6.07, 6.45) is 16.6. The maximum absolute atomic E-state index is 13.5. The molecule has 0 bridgehead atoms. The number of halogens is 6. The van der Waals surface area contributed by atoms with Gasteiger partial charge in [0.05, 0.1) is 26.4 Å². The number of ether oxygens (including phenoxy) is 6. The van der Waals surface area contributed by atoms with Gasteiger partial charge in [-0.25, -0.2) is 27.6 Å². The number of aliphatic hydroxyl groups is 1. The van der Waals surface area contributed by atoms with E-state index in [1.54, 1.807) is 14.7 Å². The van der Waals surface area contributed by atoms with Crippen LogP contribution in [-0.4, -0.2) is 149 Å². The van der Waals surface area contributed by atoms with Gasteiger partial charge in [0, 0.05) is 97.1 Å². The van der Waals surface area contributed by atoms with E-state index in [1.165, 1.54) is 137 Å². The summed E-state index contributed by atoms with van der Waals surface area (Å²) in [7, 11) is 0. The average molecular weight is 1750 g/mol. The molecule has 4 aliphatic rings. The molecular formula is C99H109Cl3F3N9O10. The summed E-state index contributed by atoms with van der Waals surface area (Å²) in [5.74, 6) is 2.11. The van der Waals surface area contributed by atoms with Crippen LogP contribution < -0.4 is 39.1 Å². The Morgan fingerprint density at radius 1 is 0.395 bits per heavy atom. The minimum absolute atomic E-state index is 0.170. The lowest BCUT2D eigenvalue weighted by atomic mass is 9.92. The Hall–Kier alpha value is -10.7. The number of likely N-dealkylation sites (tertiary alicyclic amines) is 1. The molecule has 652 valence electrons. The molecule has 3 atom stereocenters. The van der Waals surface area contributed by atoms with Gasteiger partial charge in [0.1, 0.15) is 70.1 Å². The largest absolute Gasteiger partial charge is 0.494 e. The molecule has 4 aliphatic heterocycles. The van der Waals surface area contributed by atoms with Crippen LogP contribution in [0, 0.1) is 17.5 Å². The fourth-order valence-electron chi connectivity index (χ4n) is 16.9. The summed E-state index contributed by atoms with van der Waals surface area (Å²) in [5.41, 5.74) is 11.9. The Morgan fingerprint density at radius 3 is 1.04 bits per heavy atom. The Morgan fingerprint density at radius 2 is 0.710 bits per heavy atom. The fraction of sp³-hybridized carbons (Fsp3) is 0.364. The molecule has 3 amide bonds. The SMILES string of the molecule is CC(C)NCCCCCCOc1ccc(C2c3[nH]c4ccc(Cl)cc4c3CCN2C(=O)Oc2ccc(F)cc2)cc1.O=C(Oc1ccc(F)cc1)N1CCc2c([nH]c3ccc(Cl)cc23)C1c1ccc(OCCCCCCN2CCCC2)cc1.O=C(Oc1ccc(F)cc1)N1CCc2c([nH]c3ccc(Cl)cc23)C1c1ccc(OCCCCCCNCCO)cc1. The lowest BCUT2D eigenvalue weighted by Gasteiger charge is -2.35. The maximum atomic E-state index is 13.5. The standard InChI is InChI=1S/C34H37ClFN3O3.C33H37ClFN3O3.C32H35ClFN3O4/c35-25-9-16-31-30(23-25)29-17-21-39(34(40)42-28-14-10-26(36)11-15-28)33(32(29)37-31)24-7-12-27(13-8-24)41-22-6-2-1-3-18-38-19-4-5-20-38;1-22(2)36-18-5-3-4-6-20-40-26-12-7-23(8-13-26)32-31-28(29-21-24(34)9-16-30(29)37-31)17-19-38(32)33(39)41-27-14-10-25(35)11-15-27;33-23-7-14-29-28(21-23)27-15-18-37(32(39)41-26-12-8-24(34)9-13-26)31(30(27)36-29)22-5-10-25(11-6-22)40-20-4-2-1-3-16-35-17-19-38/h7-16,23,33,37H,1-6,17-22H2;7-16,21-22,32,36-37H,3-6,17-20H2,1-2H3;5-14,21,31,35-36,38H,1-4,15-20H2. The van der Waals surface area contributed by atoms with Gasteiger partial charge in [-0.3, -0.25) is 14.7 Å².